The van der Waals surface area contributed by atoms with Gasteiger partial charge < -0.3 is 10.6 Å². The molecule has 0 fully saturated rings. The maximum Gasteiger partial charge on any atom is 0.239 e. The summed E-state index contributed by atoms with van der Waals surface area (Å²) < 4.78 is 0. The molecule has 17 heavy (non-hydrogen) atoms. The van der Waals surface area contributed by atoms with Crippen molar-refractivity contribution in [2.45, 2.75) is 32.7 Å². The Balaban J connectivity index is 2.50. The van der Waals surface area contributed by atoms with Gasteiger partial charge in [0.05, 0.1) is 6.04 Å². The molecule has 1 unspecified atom stereocenters. The number of carbonyl (C=O) groups excluding carboxylic acids is 1. The van der Waals surface area contributed by atoms with Crippen molar-refractivity contribution in [3.8, 4) is 0 Å². The van der Waals surface area contributed by atoms with E-state index in [9.17, 15) is 4.79 Å². The predicted octanol–water partition coefficient (Wildman–Crippen LogP) is 1.81. The van der Waals surface area contributed by atoms with Crippen LogP contribution < -0.4 is 5.73 Å². The number of hydrogen-bond acceptors (Lipinski definition) is 2. The number of likely N-dealkylation sites (N-methyl/N-ethyl adjacent to an activating group) is 1. The minimum atomic E-state index is -0.356. The van der Waals surface area contributed by atoms with Crippen LogP contribution in [0.25, 0.3) is 0 Å². The van der Waals surface area contributed by atoms with Crippen LogP contribution in [0.2, 0.25) is 0 Å². The molecule has 1 rings (SSSR count). The monoisotopic (exact) mass is 234 g/mol. The van der Waals surface area contributed by atoms with Gasteiger partial charge in [-0.05, 0) is 25.3 Å². The van der Waals surface area contributed by atoms with E-state index in [0.29, 0.717) is 6.42 Å². The van der Waals surface area contributed by atoms with Crippen molar-refractivity contribution in [3.63, 3.8) is 0 Å². The number of hydrogen-bond donors (Lipinski definition) is 1. The molecule has 0 saturated carbocycles. The van der Waals surface area contributed by atoms with Gasteiger partial charge in [0.2, 0.25) is 5.91 Å². The van der Waals surface area contributed by atoms with Crippen LogP contribution in [-0.4, -0.2) is 29.9 Å². The molecule has 0 bridgehead atoms. The molecule has 1 amide bonds. The van der Waals surface area contributed by atoms with Crippen molar-refractivity contribution >= 4 is 5.91 Å². The molecule has 0 spiro atoms. The van der Waals surface area contributed by atoms with Gasteiger partial charge in [-0.1, -0.05) is 37.3 Å². The zero-order valence-corrected chi connectivity index (χ0v) is 10.7. The van der Waals surface area contributed by atoms with E-state index in [1.807, 2.05) is 36.9 Å². The maximum absolute atomic E-state index is 11.9. The van der Waals surface area contributed by atoms with E-state index < -0.39 is 0 Å². The highest BCUT2D eigenvalue weighted by Gasteiger charge is 2.17. The summed E-state index contributed by atoms with van der Waals surface area (Å²) in [6.07, 6.45) is 1.58. The maximum atomic E-state index is 11.9. The van der Waals surface area contributed by atoms with Crippen LogP contribution in [0.3, 0.4) is 0 Å². The second-order valence-electron chi connectivity index (χ2n) is 4.17. The molecule has 94 valence electrons. The van der Waals surface area contributed by atoms with Crippen molar-refractivity contribution in [3.05, 3.63) is 35.9 Å². The quantitative estimate of drug-likeness (QED) is 0.816. The van der Waals surface area contributed by atoms with Crippen LogP contribution in [0.5, 0.6) is 0 Å². The smallest absolute Gasteiger partial charge is 0.239 e. The summed E-state index contributed by atoms with van der Waals surface area (Å²) in [5, 5.41) is 0. The second-order valence-corrected chi connectivity index (χ2v) is 4.17. The van der Waals surface area contributed by atoms with Gasteiger partial charge in [-0.25, -0.2) is 0 Å². The minimum absolute atomic E-state index is 0.0610. The van der Waals surface area contributed by atoms with E-state index >= 15 is 0 Å². The lowest BCUT2D eigenvalue weighted by atomic mass is 10.1. The van der Waals surface area contributed by atoms with Gasteiger partial charge in [0.25, 0.3) is 0 Å². The lowest BCUT2D eigenvalue weighted by molar-refractivity contribution is -0.132. The Morgan fingerprint density at radius 1 is 1.29 bits per heavy atom. The van der Waals surface area contributed by atoms with E-state index in [0.717, 1.165) is 19.5 Å². The Hall–Kier alpha value is -1.35. The van der Waals surface area contributed by atoms with Crippen LogP contribution in [0, 0.1) is 0 Å². The first-order valence-electron chi connectivity index (χ1n) is 6.27. The van der Waals surface area contributed by atoms with Gasteiger partial charge >= 0.3 is 0 Å². The summed E-state index contributed by atoms with van der Waals surface area (Å²) in [6, 6.07) is 9.84. The Morgan fingerprint density at radius 2 is 1.94 bits per heavy atom. The second kappa shape index (κ2) is 7.07. The molecular weight excluding hydrogens is 212 g/mol. The average molecular weight is 234 g/mol. The van der Waals surface area contributed by atoms with Crippen LogP contribution in [0.4, 0.5) is 0 Å². The van der Waals surface area contributed by atoms with Crippen LogP contribution in [0.15, 0.2) is 30.3 Å². The third-order valence-electron chi connectivity index (χ3n) is 2.96. The summed E-state index contributed by atoms with van der Waals surface area (Å²) in [6.45, 7) is 5.39. The molecule has 3 nitrogen and oxygen atoms in total. The summed E-state index contributed by atoms with van der Waals surface area (Å²) in [4.78, 5) is 13.8. The van der Waals surface area contributed by atoms with Crippen molar-refractivity contribution in [2.24, 2.45) is 5.73 Å². The largest absolute Gasteiger partial charge is 0.341 e. The number of nitrogens with zero attached hydrogens (tertiary/aromatic N) is 1. The van der Waals surface area contributed by atoms with E-state index in [2.05, 4.69) is 12.1 Å². The summed E-state index contributed by atoms with van der Waals surface area (Å²) in [7, 11) is 0. The van der Waals surface area contributed by atoms with E-state index in [1.165, 1.54) is 5.56 Å². The van der Waals surface area contributed by atoms with Crippen LogP contribution >= 0.6 is 0 Å². The number of nitrogens with two attached hydrogens (primary N) is 1. The summed E-state index contributed by atoms with van der Waals surface area (Å²) in [5.41, 5.74) is 7.02. The molecule has 0 radical (unpaired) electrons. The zero-order valence-electron chi connectivity index (χ0n) is 10.7. The minimum Gasteiger partial charge on any atom is -0.341 e. The van der Waals surface area contributed by atoms with Crippen molar-refractivity contribution in [2.75, 3.05) is 13.1 Å². The number of amides is 1. The SMILES string of the molecule is CCC(N)C(=O)N(CC)CCc1ccccc1. The molecule has 0 aliphatic rings. The van der Waals surface area contributed by atoms with Crippen molar-refractivity contribution in [1.82, 2.24) is 4.90 Å². The lowest BCUT2D eigenvalue weighted by Crippen LogP contribution is -2.44. The third kappa shape index (κ3) is 4.19. The summed E-state index contributed by atoms with van der Waals surface area (Å²) in [5.74, 6) is 0.0610. The molecule has 0 heterocycles. The van der Waals surface area contributed by atoms with Gasteiger partial charge in [-0.3, -0.25) is 4.79 Å². The number of carbonyl (C=O) groups is 1. The van der Waals surface area contributed by atoms with Gasteiger partial charge in [-0.15, -0.1) is 0 Å². The average Bonchev–Trinajstić information content (AvgIpc) is 2.39. The first-order chi connectivity index (χ1) is 8.19. The van der Waals surface area contributed by atoms with Crippen molar-refractivity contribution in [1.29, 1.82) is 0 Å². The molecule has 1 atom stereocenters. The molecule has 0 aliphatic carbocycles. The van der Waals surface area contributed by atoms with E-state index in [1.54, 1.807) is 0 Å². The highest BCUT2D eigenvalue weighted by molar-refractivity contribution is 5.81. The van der Waals surface area contributed by atoms with E-state index in [4.69, 9.17) is 5.73 Å². The third-order valence-corrected chi connectivity index (χ3v) is 2.96. The first kappa shape index (κ1) is 13.7. The molecule has 1 aromatic rings. The van der Waals surface area contributed by atoms with Gasteiger partial charge in [0.15, 0.2) is 0 Å². The molecule has 0 saturated heterocycles. The van der Waals surface area contributed by atoms with Gasteiger partial charge in [0, 0.05) is 13.1 Å². The molecular formula is C14H22N2O. The summed E-state index contributed by atoms with van der Waals surface area (Å²) >= 11 is 0. The van der Waals surface area contributed by atoms with E-state index in [-0.39, 0.29) is 11.9 Å². The molecule has 3 heteroatoms. The molecule has 0 aromatic heterocycles. The Kier molecular flexibility index (Phi) is 5.70. The number of benzene rings is 1. The fraction of sp³-hybridized carbons (Fsp3) is 0.500. The lowest BCUT2D eigenvalue weighted by Gasteiger charge is -2.23. The molecule has 2 N–H and O–H groups in total. The van der Waals surface area contributed by atoms with Gasteiger partial charge in [-0.2, -0.15) is 0 Å². The topological polar surface area (TPSA) is 46.3 Å². The fourth-order valence-electron chi connectivity index (χ4n) is 1.74. The zero-order chi connectivity index (χ0) is 12.7. The first-order valence-corrected chi connectivity index (χ1v) is 6.27. The fourth-order valence-corrected chi connectivity index (χ4v) is 1.74. The van der Waals surface area contributed by atoms with Crippen LogP contribution in [-0.2, 0) is 11.2 Å². The number of rotatable bonds is 6. The standard InChI is InChI=1S/C14H22N2O/c1-3-13(15)14(17)16(4-2)11-10-12-8-6-5-7-9-12/h5-9,13H,3-4,10-11,15H2,1-2H3. The highest BCUT2D eigenvalue weighted by Crippen LogP contribution is 2.03. The molecule has 0 aliphatic heterocycles. The Bertz CT molecular complexity index is 337. The highest BCUT2D eigenvalue weighted by atomic mass is 16.2. The van der Waals surface area contributed by atoms with Gasteiger partial charge in [0.1, 0.15) is 0 Å². The van der Waals surface area contributed by atoms with Crippen molar-refractivity contribution < 1.29 is 4.79 Å². The predicted molar refractivity (Wildman–Crippen MR) is 70.7 cm³/mol. The normalized spacial score (nSPS) is 12.2. The Morgan fingerprint density at radius 3 is 2.47 bits per heavy atom. The van der Waals surface area contributed by atoms with Crippen LogP contribution in [0.1, 0.15) is 25.8 Å². The molecule has 1 aromatic carbocycles. The Labute approximate surface area is 104 Å².